The van der Waals surface area contributed by atoms with Crippen LogP contribution in [0, 0.1) is 0 Å². The van der Waals surface area contributed by atoms with Crippen LogP contribution in [0.25, 0.3) is 0 Å². The number of hydrogen-bond acceptors (Lipinski definition) is 4. The van der Waals surface area contributed by atoms with Gasteiger partial charge in [-0.2, -0.15) is 0 Å². The average Bonchev–Trinajstić information content (AvgIpc) is 2.46. The molecule has 19 heavy (non-hydrogen) atoms. The molecule has 4 heteroatoms. The topological polar surface area (TPSA) is 65.2 Å². The Bertz CT molecular complexity index is 553. The molecule has 2 aromatic rings. The third-order valence-corrected chi connectivity index (χ3v) is 2.70. The largest absolute Gasteiger partial charge is 0.487 e. The van der Waals surface area contributed by atoms with Gasteiger partial charge in [-0.15, -0.1) is 0 Å². The summed E-state index contributed by atoms with van der Waals surface area (Å²) in [7, 11) is 0. The van der Waals surface area contributed by atoms with Gasteiger partial charge in [0.05, 0.1) is 5.69 Å². The number of aromatic nitrogens is 1. The minimum absolute atomic E-state index is 0.286. The fourth-order valence-corrected chi connectivity index (χ4v) is 1.73. The summed E-state index contributed by atoms with van der Waals surface area (Å²) in [6.45, 7) is 2.26. The van der Waals surface area contributed by atoms with Crippen LogP contribution >= 0.6 is 0 Å². The third-order valence-electron chi connectivity index (χ3n) is 2.70. The van der Waals surface area contributed by atoms with Crippen molar-refractivity contribution in [2.45, 2.75) is 19.6 Å². The maximum absolute atomic E-state index is 10.7. The first kappa shape index (κ1) is 13.2. The molecule has 2 N–H and O–H groups in total. The van der Waals surface area contributed by atoms with Gasteiger partial charge < -0.3 is 10.5 Å². The second kappa shape index (κ2) is 6.11. The Kier molecular flexibility index (Phi) is 4.26. The standard InChI is InChI=1S/C15H16N2O2/c1-11(16)15-14(8-7-13(9-18)17-15)19-10-12-5-3-2-4-6-12/h2-9,11H,10,16H2,1H3. The predicted octanol–water partition coefficient (Wildman–Crippen LogP) is 2.49. The molecule has 0 fully saturated rings. The number of hydrogen-bond donors (Lipinski definition) is 1. The highest BCUT2D eigenvalue weighted by Gasteiger charge is 2.11. The van der Waals surface area contributed by atoms with Gasteiger partial charge in [-0.1, -0.05) is 30.3 Å². The molecule has 0 spiro atoms. The highest BCUT2D eigenvalue weighted by Crippen LogP contribution is 2.22. The number of carbonyl (C=O) groups excluding carboxylic acids is 1. The van der Waals surface area contributed by atoms with Crippen LogP contribution in [0.2, 0.25) is 0 Å². The van der Waals surface area contributed by atoms with Crippen molar-refractivity contribution in [3.8, 4) is 5.75 Å². The van der Waals surface area contributed by atoms with E-state index in [4.69, 9.17) is 10.5 Å². The summed E-state index contributed by atoms with van der Waals surface area (Å²) in [6.07, 6.45) is 0.701. The van der Waals surface area contributed by atoms with Crippen LogP contribution in [0.1, 0.15) is 34.7 Å². The van der Waals surface area contributed by atoms with E-state index in [2.05, 4.69) is 4.98 Å². The molecule has 0 saturated carbocycles. The normalized spacial score (nSPS) is 11.9. The first-order chi connectivity index (χ1) is 9.20. The van der Waals surface area contributed by atoms with Gasteiger partial charge in [0, 0.05) is 6.04 Å². The average molecular weight is 256 g/mol. The Balaban J connectivity index is 2.18. The fourth-order valence-electron chi connectivity index (χ4n) is 1.73. The molecule has 0 bridgehead atoms. The Hall–Kier alpha value is -2.20. The number of aldehydes is 1. The monoisotopic (exact) mass is 256 g/mol. The van der Waals surface area contributed by atoms with Crippen molar-refractivity contribution in [1.29, 1.82) is 0 Å². The highest BCUT2D eigenvalue weighted by atomic mass is 16.5. The van der Waals surface area contributed by atoms with E-state index >= 15 is 0 Å². The van der Waals surface area contributed by atoms with Crippen LogP contribution in [0.3, 0.4) is 0 Å². The lowest BCUT2D eigenvalue weighted by molar-refractivity contribution is 0.111. The zero-order valence-electron chi connectivity index (χ0n) is 10.7. The van der Waals surface area contributed by atoms with Crippen molar-refractivity contribution in [2.75, 3.05) is 0 Å². The second-order valence-electron chi connectivity index (χ2n) is 4.30. The molecular formula is C15H16N2O2. The van der Waals surface area contributed by atoms with Gasteiger partial charge >= 0.3 is 0 Å². The Morgan fingerprint density at radius 1 is 1.26 bits per heavy atom. The smallest absolute Gasteiger partial charge is 0.168 e. The first-order valence-electron chi connectivity index (χ1n) is 6.09. The van der Waals surface area contributed by atoms with E-state index < -0.39 is 0 Å². The third kappa shape index (κ3) is 3.39. The summed E-state index contributed by atoms with van der Waals surface area (Å²) in [5.74, 6) is 0.615. The molecular weight excluding hydrogens is 240 g/mol. The fraction of sp³-hybridized carbons (Fsp3) is 0.200. The lowest BCUT2D eigenvalue weighted by atomic mass is 10.2. The highest BCUT2D eigenvalue weighted by molar-refractivity contribution is 5.72. The van der Waals surface area contributed by atoms with E-state index in [9.17, 15) is 4.79 Å². The van der Waals surface area contributed by atoms with Crippen LogP contribution in [0.4, 0.5) is 0 Å². The van der Waals surface area contributed by atoms with Gasteiger partial charge in [-0.3, -0.25) is 4.79 Å². The quantitative estimate of drug-likeness (QED) is 0.835. The van der Waals surface area contributed by atoms with Crippen LogP contribution < -0.4 is 10.5 Å². The molecule has 1 heterocycles. The number of benzene rings is 1. The molecule has 0 saturated heterocycles. The Morgan fingerprint density at radius 3 is 2.63 bits per heavy atom. The van der Waals surface area contributed by atoms with Crippen LogP contribution in [0.5, 0.6) is 5.75 Å². The van der Waals surface area contributed by atoms with Crippen molar-refractivity contribution < 1.29 is 9.53 Å². The van der Waals surface area contributed by atoms with Crippen molar-refractivity contribution in [2.24, 2.45) is 5.73 Å². The van der Waals surface area contributed by atoms with Gasteiger partial charge in [-0.25, -0.2) is 4.98 Å². The maximum Gasteiger partial charge on any atom is 0.168 e. The molecule has 2 rings (SSSR count). The van der Waals surface area contributed by atoms with Crippen molar-refractivity contribution in [3.05, 3.63) is 59.4 Å². The summed E-state index contributed by atoms with van der Waals surface area (Å²) >= 11 is 0. The number of ether oxygens (including phenoxy) is 1. The molecule has 0 aliphatic heterocycles. The summed E-state index contributed by atoms with van der Waals surface area (Å²) in [5, 5.41) is 0. The van der Waals surface area contributed by atoms with Gasteiger partial charge in [0.1, 0.15) is 18.1 Å². The van der Waals surface area contributed by atoms with E-state index in [0.29, 0.717) is 30.0 Å². The zero-order chi connectivity index (χ0) is 13.7. The number of carbonyl (C=O) groups is 1. The summed E-state index contributed by atoms with van der Waals surface area (Å²) < 4.78 is 5.73. The molecule has 1 atom stereocenters. The van der Waals surface area contributed by atoms with Gasteiger partial charge in [0.25, 0.3) is 0 Å². The minimum Gasteiger partial charge on any atom is -0.487 e. The molecule has 1 aromatic heterocycles. The first-order valence-corrected chi connectivity index (χ1v) is 6.09. The Morgan fingerprint density at radius 2 is 2.00 bits per heavy atom. The molecule has 4 nitrogen and oxygen atoms in total. The van der Waals surface area contributed by atoms with Gasteiger partial charge in [0.2, 0.25) is 0 Å². The van der Waals surface area contributed by atoms with Gasteiger partial charge in [-0.05, 0) is 24.6 Å². The molecule has 1 aromatic carbocycles. The lowest BCUT2D eigenvalue weighted by Gasteiger charge is -2.13. The molecule has 98 valence electrons. The molecule has 0 aliphatic rings. The molecule has 0 aliphatic carbocycles. The van der Waals surface area contributed by atoms with Crippen molar-refractivity contribution in [1.82, 2.24) is 4.98 Å². The van der Waals surface area contributed by atoms with Crippen LogP contribution in [0.15, 0.2) is 42.5 Å². The predicted molar refractivity (Wildman–Crippen MR) is 73.0 cm³/mol. The number of nitrogens with two attached hydrogens (primary N) is 1. The van der Waals surface area contributed by atoms with E-state index in [1.807, 2.05) is 37.3 Å². The summed E-state index contributed by atoms with van der Waals surface area (Å²) in [6, 6.07) is 12.9. The van der Waals surface area contributed by atoms with E-state index in [1.165, 1.54) is 0 Å². The van der Waals surface area contributed by atoms with Crippen LogP contribution in [-0.4, -0.2) is 11.3 Å². The van der Waals surface area contributed by atoms with Crippen LogP contribution in [-0.2, 0) is 6.61 Å². The van der Waals surface area contributed by atoms with Crippen molar-refractivity contribution in [3.63, 3.8) is 0 Å². The molecule has 0 radical (unpaired) electrons. The van der Waals surface area contributed by atoms with E-state index in [-0.39, 0.29) is 6.04 Å². The number of rotatable bonds is 5. The zero-order valence-corrected chi connectivity index (χ0v) is 10.7. The minimum atomic E-state index is -0.286. The SMILES string of the molecule is CC(N)c1nc(C=O)ccc1OCc1ccccc1. The molecule has 0 amide bonds. The van der Waals surface area contributed by atoms with E-state index in [0.717, 1.165) is 5.56 Å². The lowest BCUT2D eigenvalue weighted by Crippen LogP contribution is -2.11. The summed E-state index contributed by atoms with van der Waals surface area (Å²) in [4.78, 5) is 14.9. The number of pyridine rings is 1. The Labute approximate surface area is 112 Å². The van der Waals surface area contributed by atoms with E-state index in [1.54, 1.807) is 12.1 Å². The number of nitrogens with zero attached hydrogens (tertiary/aromatic N) is 1. The van der Waals surface area contributed by atoms with Crippen molar-refractivity contribution >= 4 is 6.29 Å². The molecule has 1 unspecified atom stereocenters. The summed E-state index contributed by atoms with van der Waals surface area (Å²) in [5.41, 5.74) is 7.87. The second-order valence-corrected chi connectivity index (χ2v) is 4.30. The maximum atomic E-state index is 10.7. The van der Waals surface area contributed by atoms with Gasteiger partial charge in [0.15, 0.2) is 6.29 Å².